The minimum absolute atomic E-state index is 0.559. The molecule has 0 aromatic carbocycles. The van der Waals surface area contributed by atoms with Gasteiger partial charge in [-0.25, -0.2) is 9.97 Å². The third-order valence-corrected chi connectivity index (χ3v) is 3.89. The summed E-state index contributed by atoms with van der Waals surface area (Å²) in [6.45, 7) is 7.07. The molecule has 0 saturated carbocycles. The molecule has 1 aliphatic heterocycles. The summed E-state index contributed by atoms with van der Waals surface area (Å²) in [6.07, 6.45) is 3.26. The van der Waals surface area contributed by atoms with Crippen molar-refractivity contribution < 1.29 is 4.74 Å². The predicted octanol–water partition coefficient (Wildman–Crippen LogP) is 1.43. The monoisotopic (exact) mass is 334 g/mol. The lowest BCUT2D eigenvalue weighted by atomic mass is 10.3. The second-order valence-electron chi connectivity index (χ2n) is 5.39. The molecule has 7 nitrogen and oxygen atoms in total. The highest BCUT2D eigenvalue weighted by Gasteiger charge is 2.18. The molecule has 3 rings (SSSR count). The van der Waals surface area contributed by atoms with Gasteiger partial charge >= 0.3 is 0 Å². The average molecular weight is 335 g/mol. The quantitative estimate of drug-likeness (QED) is 0.819. The first-order valence-electron chi connectivity index (χ1n) is 7.59. The van der Waals surface area contributed by atoms with E-state index in [2.05, 4.69) is 30.0 Å². The minimum Gasteiger partial charge on any atom is -0.475 e. The molecule has 0 unspecified atom stereocenters. The van der Waals surface area contributed by atoms with Crippen LogP contribution in [0.25, 0.3) is 0 Å². The van der Waals surface area contributed by atoms with Crippen LogP contribution in [0.1, 0.15) is 5.69 Å². The van der Waals surface area contributed by atoms with Gasteiger partial charge < -0.3 is 9.64 Å². The van der Waals surface area contributed by atoms with Gasteiger partial charge in [0.15, 0.2) is 0 Å². The third kappa shape index (κ3) is 4.49. The molecule has 0 amide bonds. The van der Waals surface area contributed by atoms with Gasteiger partial charge in [-0.3, -0.25) is 4.90 Å². The zero-order valence-corrected chi connectivity index (χ0v) is 13.8. The fourth-order valence-electron chi connectivity index (χ4n) is 2.38. The molecule has 8 heteroatoms. The van der Waals surface area contributed by atoms with Gasteiger partial charge in [-0.05, 0) is 13.0 Å². The third-order valence-electron chi connectivity index (χ3n) is 3.69. The van der Waals surface area contributed by atoms with Gasteiger partial charge in [-0.15, -0.1) is 5.10 Å². The number of hydrogen-bond donors (Lipinski definition) is 0. The SMILES string of the molecule is Cc1ccc(OCCN2CCN(c3ncc(Cl)cn3)CC2)nn1. The Balaban J connectivity index is 1.40. The molecule has 3 heterocycles. The van der Waals surface area contributed by atoms with E-state index in [4.69, 9.17) is 16.3 Å². The van der Waals surface area contributed by atoms with Crippen molar-refractivity contribution in [2.75, 3.05) is 44.2 Å². The van der Waals surface area contributed by atoms with Crippen LogP contribution in [0.15, 0.2) is 24.5 Å². The standard InChI is InChI=1S/C15H19ClN6O/c1-12-2-3-14(20-19-12)23-9-8-21-4-6-22(7-5-21)15-17-10-13(16)11-18-15/h2-3,10-11H,4-9H2,1H3. The van der Waals surface area contributed by atoms with Crippen molar-refractivity contribution in [3.05, 3.63) is 35.2 Å². The van der Waals surface area contributed by atoms with Crippen LogP contribution in [0, 0.1) is 6.92 Å². The Labute approximate surface area is 140 Å². The molecule has 1 saturated heterocycles. The molecule has 0 aliphatic carbocycles. The van der Waals surface area contributed by atoms with Crippen LogP contribution in [-0.2, 0) is 0 Å². The van der Waals surface area contributed by atoms with E-state index in [0.29, 0.717) is 17.5 Å². The van der Waals surface area contributed by atoms with Crippen molar-refractivity contribution >= 4 is 17.5 Å². The fourth-order valence-corrected chi connectivity index (χ4v) is 2.48. The van der Waals surface area contributed by atoms with Crippen molar-refractivity contribution in [1.82, 2.24) is 25.1 Å². The second-order valence-corrected chi connectivity index (χ2v) is 5.83. The van der Waals surface area contributed by atoms with E-state index >= 15 is 0 Å². The summed E-state index contributed by atoms with van der Waals surface area (Å²) in [5.74, 6) is 1.31. The summed E-state index contributed by atoms with van der Waals surface area (Å²) >= 11 is 5.81. The maximum atomic E-state index is 5.81. The van der Waals surface area contributed by atoms with Crippen molar-refractivity contribution in [2.24, 2.45) is 0 Å². The Morgan fingerprint density at radius 2 is 1.83 bits per heavy atom. The van der Waals surface area contributed by atoms with Gasteiger partial charge in [0, 0.05) is 38.8 Å². The lowest BCUT2D eigenvalue weighted by Gasteiger charge is -2.34. The van der Waals surface area contributed by atoms with E-state index < -0.39 is 0 Å². The van der Waals surface area contributed by atoms with Crippen LogP contribution < -0.4 is 9.64 Å². The molecule has 0 spiro atoms. The molecule has 0 bridgehead atoms. The summed E-state index contributed by atoms with van der Waals surface area (Å²) in [6, 6.07) is 3.74. The number of anilines is 1. The number of piperazine rings is 1. The van der Waals surface area contributed by atoms with Crippen molar-refractivity contribution in [1.29, 1.82) is 0 Å². The topological polar surface area (TPSA) is 67.3 Å². The molecule has 122 valence electrons. The molecule has 1 fully saturated rings. The number of ether oxygens (including phenoxy) is 1. The van der Waals surface area contributed by atoms with Gasteiger partial charge in [0.2, 0.25) is 11.8 Å². The zero-order chi connectivity index (χ0) is 16.1. The molecule has 2 aromatic rings. The number of halogens is 1. The summed E-state index contributed by atoms with van der Waals surface area (Å²) < 4.78 is 5.62. The van der Waals surface area contributed by atoms with Crippen LogP contribution >= 0.6 is 11.6 Å². The van der Waals surface area contributed by atoms with Crippen molar-refractivity contribution in [3.63, 3.8) is 0 Å². The fraction of sp³-hybridized carbons (Fsp3) is 0.467. The zero-order valence-electron chi connectivity index (χ0n) is 13.0. The Morgan fingerprint density at radius 3 is 2.48 bits per heavy atom. The number of hydrogen-bond acceptors (Lipinski definition) is 7. The molecule has 2 aromatic heterocycles. The van der Waals surface area contributed by atoms with Crippen LogP contribution in [0.5, 0.6) is 5.88 Å². The van der Waals surface area contributed by atoms with Crippen LogP contribution in [0.2, 0.25) is 5.02 Å². The smallest absolute Gasteiger partial charge is 0.233 e. The van der Waals surface area contributed by atoms with Crippen molar-refractivity contribution in [2.45, 2.75) is 6.92 Å². The first-order chi connectivity index (χ1) is 11.2. The maximum absolute atomic E-state index is 5.81. The highest BCUT2D eigenvalue weighted by Crippen LogP contribution is 2.13. The molecule has 0 radical (unpaired) electrons. The molecule has 1 aliphatic rings. The van der Waals surface area contributed by atoms with Gasteiger partial charge in [0.1, 0.15) is 6.61 Å². The van der Waals surface area contributed by atoms with Gasteiger partial charge in [0.05, 0.1) is 23.1 Å². The average Bonchev–Trinajstić information content (AvgIpc) is 2.58. The number of nitrogens with zero attached hydrogens (tertiary/aromatic N) is 6. The lowest BCUT2D eigenvalue weighted by molar-refractivity contribution is 0.195. The molecule has 0 atom stereocenters. The Hall–Kier alpha value is -1.99. The van der Waals surface area contributed by atoms with Gasteiger partial charge in [-0.2, -0.15) is 5.10 Å². The van der Waals surface area contributed by atoms with E-state index in [1.165, 1.54) is 0 Å². The maximum Gasteiger partial charge on any atom is 0.233 e. The summed E-state index contributed by atoms with van der Waals surface area (Å²) in [7, 11) is 0. The normalized spacial score (nSPS) is 15.7. The summed E-state index contributed by atoms with van der Waals surface area (Å²) in [4.78, 5) is 13.0. The van der Waals surface area contributed by atoms with Crippen LogP contribution in [0.3, 0.4) is 0 Å². The predicted molar refractivity (Wildman–Crippen MR) is 88.0 cm³/mol. The van der Waals surface area contributed by atoms with Gasteiger partial charge in [0.25, 0.3) is 0 Å². The van der Waals surface area contributed by atoms with Crippen molar-refractivity contribution in [3.8, 4) is 5.88 Å². The minimum atomic E-state index is 0.559. The van der Waals surface area contributed by atoms with Crippen LogP contribution in [0.4, 0.5) is 5.95 Å². The van der Waals surface area contributed by atoms with Gasteiger partial charge in [-0.1, -0.05) is 11.6 Å². The van der Waals surface area contributed by atoms with E-state index in [1.807, 2.05) is 19.1 Å². The summed E-state index contributed by atoms with van der Waals surface area (Å²) in [5, 5.41) is 8.53. The Kier molecular flexibility index (Phi) is 5.19. The highest BCUT2D eigenvalue weighted by molar-refractivity contribution is 6.30. The molecular formula is C15H19ClN6O. The molecule has 0 N–H and O–H groups in total. The largest absolute Gasteiger partial charge is 0.475 e. The second kappa shape index (κ2) is 7.52. The van der Waals surface area contributed by atoms with E-state index in [9.17, 15) is 0 Å². The number of aromatic nitrogens is 4. The Bertz CT molecular complexity index is 610. The van der Waals surface area contributed by atoms with E-state index in [0.717, 1.165) is 44.4 Å². The lowest BCUT2D eigenvalue weighted by Crippen LogP contribution is -2.48. The number of aryl methyl sites for hydroxylation is 1. The number of rotatable bonds is 5. The highest BCUT2D eigenvalue weighted by atomic mass is 35.5. The van der Waals surface area contributed by atoms with Crippen LogP contribution in [-0.4, -0.2) is 64.4 Å². The molecule has 23 heavy (non-hydrogen) atoms. The summed E-state index contributed by atoms with van der Waals surface area (Å²) in [5.41, 5.74) is 0.887. The Morgan fingerprint density at radius 1 is 1.09 bits per heavy atom. The molecular weight excluding hydrogens is 316 g/mol. The first kappa shape index (κ1) is 15.9. The van der Waals surface area contributed by atoms with E-state index in [-0.39, 0.29) is 0 Å². The first-order valence-corrected chi connectivity index (χ1v) is 7.96. The van der Waals surface area contributed by atoms with E-state index in [1.54, 1.807) is 12.4 Å².